The summed E-state index contributed by atoms with van der Waals surface area (Å²) < 4.78 is 5.13. The van der Waals surface area contributed by atoms with Gasteiger partial charge >= 0.3 is 0 Å². The second-order valence-corrected chi connectivity index (χ2v) is 4.71. The minimum Gasteiger partial charge on any atom is -0.398 e. The number of hydrogen-bond acceptors (Lipinski definition) is 5. The van der Waals surface area contributed by atoms with Crippen molar-refractivity contribution < 1.29 is 9.32 Å². The molecule has 3 rings (SSSR count). The SMILES string of the molecule is Cc1cccc(N)c1-c1nc(C(=O)NC2CC2)no1. The summed E-state index contributed by atoms with van der Waals surface area (Å²) in [5.74, 6) is 0.0192. The summed E-state index contributed by atoms with van der Waals surface area (Å²) in [4.78, 5) is 15.9. The average molecular weight is 258 g/mol. The highest BCUT2D eigenvalue weighted by atomic mass is 16.5. The Kier molecular flexibility index (Phi) is 2.70. The van der Waals surface area contributed by atoms with Gasteiger partial charge in [-0.3, -0.25) is 4.79 Å². The van der Waals surface area contributed by atoms with Crippen molar-refractivity contribution in [3.05, 3.63) is 29.6 Å². The fraction of sp³-hybridized carbons (Fsp3) is 0.308. The zero-order valence-electron chi connectivity index (χ0n) is 10.5. The zero-order chi connectivity index (χ0) is 13.4. The summed E-state index contributed by atoms with van der Waals surface area (Å²) in [6, 6.07) is 5.78. The van der Waals surface area contributed by atoms with E-state index in [0.29, 0.717) is 11.3 Å². The second-order valence-electron chi connectivity index (χ2n) is 4.71. The summed E-state index contributed by atoms with van der Waals surface area (Å²) >= 11 is 0. The molecule has 1 heterocycles. The van der Waals surface area contributed by atoms with Crippen LogP contribution in [0.2, 0.25) is 0 Å². The van der Waals surface area contributed by atoms with E-state index in [1.165, 1.54) is 0 Å². The molecule has 1 aromatic carbocycles. The van der Waals surface area contributed by atoms with E-state index in [1.54, 1.807) is 6.07 Å². The maximum Gasteiger partial charge on any atom is 0.292 e. The van der Waals surface area contributed by atoms with Crippen LogP contribution in [0.1, 0.15) is 29.0 Å². The summed E-state index contributed by atoms with van der Waals surface area (Å²) in [6.45, 7) is 1.90. The molecule has 0 radical (unpaired) electrons. The number of nitrogens with one attached hydrogen (secondary N) is 1. The minimum absolute atomic E-state index is 0.0459. The Morgan fingerprint density at radius 3 is 2.95 bits per heavy atom. The van der Waals surface area contributed by atoms with Crippen molar-refractivity contribution in [3.63, 3.8) is 0 Å². The summed E-state index contributed by atoms with van der Waals surface area (Å²) in [5.41, 5.74) is 8.06. The molecule has 0 bridgehead atoms. The van der Waals surface area contributed by atoms with E-state index in [1.807, 2.05) is 19.1 Å². The number of nitrogens with zero attached hydrogens (tertiary/aromatic N) is 2. The van der Waals surface area contributed by atoms with Crippen LogP contribution in [0.3, 0.4) is 0 Å². The zero-order valence-corrected chi connectivity index (χ0v) is 10.5. The molecule has 19 heavy (non-hydrogen) atoms. The van der Waals surface area contributed by atoms with Crippen molar-refractivity contribution in [1.82, 2.24) is 15.5 Å². The first-order valence-corrected chi connectivity index (χ1v) is 6.15. The normalized spacial score (nSPS) is 14.4. The van der Waals surface area contributed by atoms with Gasteiger partial charge in [-0.05, 0) is 31.4 Å². The van der Waals surface area contributed by atoms with E-state index < -0.39 is 0 Å². The lowest BCUT2D eigenvalue weighted by atomic mass is 10.1. The molecule has 1 aromatic heterocycles. The van der Waals surface area contributed by atoms with Gasteiger partial charge in [0.1, 0.15) is 0 Å². The highest BCUT2D eigenvalue weighted by molar-refractivity contribution is 5.91. The largest absolute Gasteiger partial charge is 0.398 e. The van der Waals surface area contributed by atoms with E-state index in [0.717, 1.165) is 18.4 Å². The van der Waals surface area contributed by atoms with Crippen LogP contribution in [0.15, 0.2) is 22.7 Å². The molecule has 1 aliphatic carbocycles. The van der Waals surface area contributed by atoms with Gasteiger partial charge in [0.15, 0.2) is 0 Å². The molecular formula is C13H14N4O2. The van der Waals surface area contributed by atoms with Gasteiger partial charge in [-0.1, -0.05) is 17.3 Å². The standard InChI is InChI=1S/C13H14N4O2/c1-7-3-2-4-9(14)10(7)13-16-11(17-19-13)12(18)15-8-5-6-8/h2-4,8H,5-6,14H2,1H3,(H,15,18). The maximum absolute atomic E-state index is 11.8. The first-order valence-electron chi connectivity index (χ1n) is 6.15. The molecule has 6 nitrogen and oxygen atoms in total. The molecule has 1 amide bonds. The van der Waals surface area contributed by atoms with Gasteiger partial charge in [0.2, 0.25) is 0 Å². The van der Waals surface area contributed by atoms with Crippen LogP contribution >= 0.6 is 0 Å². The Bertz CT molecular complexity index is 611. The number of aryl methyl sites for hydroxylation is 1. The predicted molar refractivity (Wildman–Crippen MR) is 69.4 cm³/mol. The van der Waals surface area contributed by atoms with Crippen LogP contribution in [-0.4, -0.2) is 22.1 Å². The molecule has 3 N–H and O–H groups in total. The molecule has 0 atom stereocenters. The van der Waals surface area contributed by atoms with E-state index in [2.05, 4.69) is 15.5 Å². The lowest BCUT2D eigenvalue weighted by Crippen LogP contribution is -2.26. The van der Waals surface area contributed by atoms with Crippen LogP contribution < -0.4 is 11.1 Å². The number of carbonyl (C=O) groups is 1. The van der Waals surface area contributed by atoms with Gasteiger partial charge < -0.3 is 15.6 Å². The Labute approximate surface area is 110 Å². The third kappa shape index (κ3) is 2.29. The average Bonchev–Trinajstić information content (AvgIpc) is 3.04. The molecular weight excluding hydrogens is 244 g/mol. The van der Waals surface area contributed by atoms with Crippen molar-refractivity contribution in [2.45, 2.75) is 25.8 Å². The fourth-order valence-electron chi connectivity index (χ4n) is 1.88. The number of amides is 1. The number of aromatic nitrogens is 2. The predicted octanol–water partition coefficient (Wildman–Crippen LogP) is 1.52. The molecule has 1 aliphatic rings. The lowest BCUT2D eigenvalue weighted by molar-refractivity contribution is 0.0937. The number of nitrogens with two attached hydrogens (primary N) is 1. The first-order chi connectivity index (χ1) is 9.15. The minimum atomic E-state index is -0.301. The Balaban J connectivity index is 1.90. The number of nitrogen functional groups attached to an aromatic ring is 1. The van der Waals surface area contributed by atoms with Crippen molar-refractivity contribution in [3.8, 4) is 11.5 Å². The van der Waals surface area contributed by atoms with Gasteiger partial charge in [-0.25, -0.2) is 0 Å². The monoisotopic (exact) mass is 258 g/mol. The highest BCUT2D eigenvalue weighted by Gasteiger charge is 2.26. The lowest BCUT2D eigenvalue weighted by Gasteiger charge is -2.03. The fourth-order valence-corrected chi connectivity index (χ4v) is 1.88. The first kappa shape index (κ1) is 11.7. The van der Waals surface area contributed by atoms with Crippen molar-refractivity contribution in [2.24, 2.45) is 0 Å². The molecule has 2 aromatic rings. The topological polar surface area (TPSA) is 94.0 Å². The molecule has 1 fully saturated rings. The number of benzene rings is 1. The summed E-state index contributed by atoms with van der Waals surface area (Å²) in [6.07, 6.45) is 2.03. The van der Waals surface area contributed by atoms with Crippen LogP contribution in [0.25, 0.3) is 11.5 Å². The molecule has 1 saturated carbocycles. The van der Waals surface area contributed by atoms with Crippen LogP contribution in [0.5, 0.6) is 0 Å². The molecule has 0 saturated heterocycles. The van der Waals surface area contributed by atoms with E-state index >= 15 is 0 Å². The van der Waals surface area contributed by atoms with Gasteiger partial charge in [0.25, 0.3) is 17.6 Å². The number of carbonyl (C=O) groups excluding carboxylic acids is 1. The van der Waals surface area contributed by atoms with Gasteiger partial charge in [0.05, 0.1) is 5.56 Å². The van der Waals surface area contributed by atoms with Crippen molar-refractivity contribution in [2.75, 3.05) is 5.73 Å². The van der Waals surface area contributed by atoms with Crippen LogP contribution in [0, 0.1) is 6.92 Å². The Morgan fingerprint density at radius 2 is 2.26 bits per heavy atom. The molecule has 6 heteroatoms. The van der Waals surface area contributed by atoms with Crippen LogP contribution in [-0.2, 0) is 0 Å². The Hall–Kier alpha value is -2.37. The van der Waals surface area contributed by atoms with Crippen molar-refractivity contribution >= 4 is 11.6 Å². The molecule has 0 unspecified atom stereocenters. The van der Waals surface area contributed by atoms with E-state index in [9.17, 15) is 4.79 Å². The van der Waals surface area contributed by atoms with Gasteiger partial charge in [0, 0.05) is 11.7 Å². The molecule has 98 valence electrons. The number of hydrogen-bond donors (Lipinski definition) is 2. The quantitative estimate of drug-likeness (QED) is 0.814. The summed E-state index contributed by atoms with van der Waals surface area (Å²) in [7, 11) is 0. The number of rotatable bonds is 3. The molecule has 0 spiro atoms. The Morgan fingerprint density at radius 1 is 1.47 bits per heavy atom. The van der Waals surface area contributed by atoms with Crippen molar-refractivity contribution in [1.29, 1.82) is 0 Å². The third-order valence-electron chi connectivity index (χ3n) is 3.06. The summed E-state index contributed by atoms with van der Waals surface area (Å²) in [5, 5.41) is 6.51. The van der Waals surface area contributed by atoms with Gasteiger partial charge in [-0.2, -0.15) is 4.98 Å². The second kappa shape index (κ2) is 4.38. The molecule has 0 aliphatic heterocycles. The van der Waals surface area contributed by atoms with E-state index in [-0.39, 0.29) is 23.7 Å². The highest BCUT2D eigenvalue weighted by Crippen LogP contribution is 2.27. The smallest absolute Gasteiger partial charge is 0.292 e. The maximum atomic E-state index is 11.8. The third-order valence-corrected chi connectivity index (χ3v) is 3.06. The van der Waals surface area contributed by atoms with E-state index in [4.69, 9.17) is 10.3 Å². The number of anilines is 1. The van der Waals surface area contributed by atoms with Crippen LogP contribution in [0.4, 0.5) is 5.69 Å². The van der Waals surface area contributed by atoms with Gasteiger partial charge in [-0.15, -0.1) is 0 Å².